The van der Waals surface area contributed by atoms with E-state index in [4.69, 9.17) is 9.47 Å². The molecule has 0 aliphatic carbocycles. The highest BCUT2D eigenvalue weighted by molar-refractivity contribution is 5.36. The number of nitrogens with one attached hydrogen (secondary N) is 1. The van der Waals surface area contributed by atoms with Gasteiger partial charge < -0.3 is 14.8 Å². The van der Waals surface area contributed by atoms with E-state index in [-0.39, 0.29) is 0 Å². The molecule has 0 unspecified atom stereocenters. The maximum absolute atomic E-state index is 5.40. The average molecular weight is 239 g/mol. The zero-order valence-electron chi connectivity index (χ0n) is 11.2. The molecule has 1 N–H and O–H groups in total. The summed E-state index contributed by atoms with van der Waals surface area (Å²) in [6.07, 6.45) is 0. The Hall–Kier alpha value is -1.20. The highest BCUT2D eigenvalue weighted by atomic mass is 16.5. The van der Waals surface area contributed by atoms with Crippen molar-refractivity contribution in [1.29, 1.82) is 0 Å². The van der Waals surface area contributed by atoms with Crippen LogP contribution in [0.25, 0.3) is 0 Å². The topological polar surface area (TPSA) is 56.3 Å². The zero-order valence-corrected chi connectivity index (χ0v) is 11.2. The lowest BCUT2D eigenvalue weighted by atomic mass is 10.1. The van der Waals surface area contributed by atoms with Crippen LogP contribution < -0.4 is 5.32 Å². The molecule has 0 aliphatic rings. The van der Waals surface area contributed by atoms with E-state index in [9.17, 15) is 0 Å². The number of rotatable bonds is 6. The molecule has 96 valence electrons. The smallest absolute Gasteiger partial charge is 0.162 e. The minimum atomic E-state index is -0.506. The van der Waals surface area contributed by atoms with Gasteiger partial charge in [0.1, 0.15) is 11.4 Å². The molecule has 0 bridgehead atoms. The molecule has 17 heavy (non-hydrogen) atoms. The van der Waals surface area contributed by atoms with Crippen LogP contribution in [0, 0.1) is 0 Å². The van der Waals surface area contributed by atoms with E-state index in [1.54, 1.807) is 14.2 Å². The zero-order chi connectivity index (χ0) is 12.9. The quantitative estimate of drug-likeness (QED) is 0.822. The highest BCUT2D eigenvalue weighted by Gasteiger charge is 2.24. The van der Waals surface area contributed by atoms with Gasteiger partial charge in [0.05, 0.1) is 12.3 Å². The molecular weight excluding hydrogens is 218 g/mol. The number of hydrogen-bond acceptors (Lipinski definition) is 5. The van der Waals surface area contributed by atoms with Gasteiger partial charge in [-0.2, -0.15) is 0 Å². The fourth-order valence-electron chi connectivity index (χ4n) is 1.35. The average Bonchev–Trinajstić information content (AvgIpc) is 2.29. The summed E-state index contributed by atoms with van der Waals surface area (Å²) < 4.78 is 10.5. The van der Waals surface area contributed by atoms with Gasteiger partial charge in [-0.15, -0.1) is 0 Å². The Labute approximate surface area is 103 Å². The van der Waals surface area contributed by atoms with Gasteiger partial charge in [-0.3, -0.25) is 0 Å². The summed E-state index contributed by atoms with van der Waals surface area (Å²) in [6, 6.07) is 1.89. The first kappa shape index (κ1) is 13.9. The minimum absolute atomic E-state index is 0.466. The summed E-state index contributed by atoms with van der Waals surface area (Å²) in [4.78, 5) is 8.89. The first-order valence-corrected chi connectivity index (χ1v) is 5.70. The van der Waals surface area contributed by atoms with Crippen LogP contribution in [-0.2, 0) is 21.7 Å². The first-order chi connectivity index (χ1) is 8.03. The van der Waals surface area contributed by atoms with Gasteiger partial charge in [0.2, 0.25) is 0 Å². The second-order valence-electron chi connectivity index (χ2n) is 4.25. The fraction of sp³-hybridized carbons (Fsp3) is 0.667. The Morgan fingerprint density at radius 2 is 2.00 bits per heavy atom. The number of nitrogens with zero attached hydrogens (tertiary/aromatic N) is 2. The molecule has 0 radical (unpaired) electrons. The Morgan fingerprint density at radius 3 is 2.53 bits per heavy atom. The molecular formula is C12H21N3O2. The molecule has 1 rings (SSSR count). The van der Waals surface area contributed by atoms with Crippen LogP contribution in [0.1, 0.15) is 32.3 Å². The number of hydrogen-bond donors (Lipinski definition) is 1. The maximum Gasteiger partial charge on any atom is 0.162 e. The van der Waals surface area contributed by atoms with Crippen LogP contribution >= 0.6 is 0 Å². The molecule has 0 saturated heterocycles. The molecule has 1 heterocycles. The molecule has 5 heteroatoms. The minimum Gasteiger partial charge on any atom is -0.378 e. The lowest BCUT2D eigenvalue weighted by molar-refractivity contribution is 0.0111. The van der Waals surface area contributed by atoms with Crippen molar-refractivity contribution in [1.82, 2.24) is 9.97 Å². The van der Waals surface area contributed by atoms with Gasteiger partial charge in [0.15, 0.2) is 5.82 Å². The van der Waals surface area contributed by atoms with Crippen LogP contribution in [0.2, 0.25) is 0 Å². The van der Waals surface area contributed by atoms with E-state index in [0.717, 1.165) is 18.1 Å². The maximum atomic E-state index is 5.40. The Bertz CT molecular complexity index is 343. The van der Waals surface area contributed by atoms with Gasteiger partial charge in [-0.05, 0) is 20.8 Å². The second-order valence-corrected chi connectivity index (χ2v) is 4.25. The van der Waals surface area contributed by atoms with Crippen molar-refractivity contribution in [3.63, 3.8) is 0 Å². The molecule has 0 amide bonds. The summed E-state index contributed by atoms with van der Waals surface area (Å²) in [7, 11) is 3.30. The molecule has 0 atom stereocenters. The van der Waals surface area contributed by atoms with Gasteiger partial charge >= 0.3 is 0 Å². The third-order valence-electron chi connectivity index (χ3n) is 2.48. The molecule has 5 nitrogen and oxygen atoms in total. The van der Waals surface area contributed by atoms with Crippen molar-refractivity contribution in [2.45, 2.75) is 33.0 Å². The molecule has 1 aromatic heterocycles. The number of ether oxygens (including phenoxy) is 2. The normalized spacial score (nSPS) is 11.6. The van der Waals surface area contributed by atoms with Crippen molar-refractivity contribution < 1.29 is 9.47 Å². The van der Waals surface area contributed by atoms with Gasteiger partial charge in [-0.1, -0.05) is 0 Å². The van der Waals surface area contributed by atoms with Gasteiger partial charge in [0.25, 0.3) is 0 Å². The van der Waals surface area contributed by atoms with Crippen LogP contribution in [-0.4, -0.2) is 30.7 Å². The van der Waals surface area contributed by atoms with E-state index >= 15 is 0 Å². The van der Waals surface area contributed by atoms with Crippen molar-refractivity contribution in [2.75, 3.05) is 26.1 Å². The summed E-state index contributed by atoms with van der Waals surface area (Å²) in [6.45, 7) is 7.19. The monoisotopic (exact) mass is 239 g/mol. The third-order valence-corrected chi connectivity index (χ3v) is 2.48. The fourth-order valence-corrected chi connectivity index (χ4v) is 1.35. The lowest BCUT2D eigenvalue weighted by Gasteiger charge is -2.22. The molecule has 1 aromatic rings. The summed E-state index contributed by atoms with van der Waals surface area (Å²) in [5.41, 5.74) is 0.340. The largest absolute Gasteiger partial charge is 0.378 e. The lowest BCUT2D eigenvalue weighted by Crippen LogP contribution is -2.24. The summed E-state index contributed by atoms with van der Waals surface area (Å²) in [5.74, 6) is 1.46. The van der Waals surface area contributed by atoms with Crippen molar-refractivity contribution in [2.24, 2.45) is 0 Å². The Kier molecular flexibility index (Phi) is 4.84. The van der Waals surface area contributed by atoms with Crippen LogP contribution in [0.4, 0.5) is 5.82 Å². The number of methoxy groups -OCH3 is 2. The van der Waals surface area contributed by atoms with Gasteiger partial charge in [-0.25, -0.2) is 9.97 Å². The van der Waals surface area contributed by atoms with E-state index in [1.807, 2.05) is 26.8 Å². The van der Waals surface area contributed by atoms with Crippen LogP contribution in [0.3, 0.4) is 0 Å². The predicted molar refractivity (Wildman–Crippen MR) is 66.9 cm³/mol. The number of aromatic nitrogens is 2. The molecule has 0 fully saturated rings. The van der Waals surface area contributed by atoms with Crippen LogP contribution in [0.5, 0.6) is 0 Å². The van der Waals surface area contributed by atoms with E-state index in [0.29, 0.717) is 12.4 Å². The Balaban J connectivity index is 3.11. The third kappa shape index (κ3) is 3.64. The molecule has 0 aromatic carbocycles. The number of anilines is 1. The van der Waals surface area contributed by atoms with Crippen LogP contribution in [0.15, 0.2) is 6.07 Å². The standard InChI is InChI=1S/C12H21N3O2/c1-6-13-10-7-9(8-16-4)14-11(15-10)12(2,3)17-5/h7H,6,8H2,1-5H3,(H,13,14,15). The second kappa shape index (κ2) is 5.93. The molecule has 0 saturated carbocycles. The van der Waals surface area contributed by atoms with Crippen molar-refractivity contribution in [3.05, 3.63) is 17.6 Å². The van der Waals surface area contributed by atoms with Crippen molar-refractivity contribution in [3.8, 4) is 0 Å². The van der Waals surface area contributed by atoms with E-state index in [1.165, 1.54) is 0 Å². The summed E-state index contributed by atoms with van der Waals surface area (Å²) in [5, 5.41) is 3.18. The van der Waals surface area contributed by atoms with Gasteiger partial charge in [0, 0.05) is 26.8 Å². The highest BCUT2D eigenvalue weighted by Crippen LogP contribution is 2.22. The summed E-state index contributed by atoms with van der Waals surface area (Å²) >= 11 is 0. The molecule has 0 spiro atoms. The Morgan fingerprint density at radius 1 is 1.29 bits per heavy atom. The van der Waals surface area contributed by atoms with E-state index < -0.39 is 5.60 Å². The molecule has 0 aliphatic heterocycles. The SMILES string of the molecule is CCNc1cc(COC)nc(C(C)(C)OC)n1. The predicted octanol–water partition coefficient (Wildman–Crippen LogP) is 1.94. The van der Waals surface area contributed by atoms with Crippen molar-refractivity contribution >= 4 is 5.82 Å². The van der Waals surface area contributed by atoms with E-state index in [2.05, 4.69) is 15.3 Å². The first-order valence-electron chi connectivity index (χ1n) is 5.70.